The zero-order chi connectivity index (χ0) is 15.2. The summed E-state index contributed by atoms with van der Waals surface area (Å²) < 4.78 is 5.33. The number of nitrogen functional groups attached to an aromatic ring is 1. The molecule has 0 aliphatic carbocycles. The maximum Gasteiger partial charge on any atom is 0.124 e. The van der Waals surface area contributed by atoms with Crippen LogP contribution in [0.25, 0.3) is 0 Å². The van der Waals surface area contributed by atoms with Crippen molar-refractivity contribution in [3.8, 4) is 5.75 Å². The lowest BCUT2D eigenvalue weighted by molar-refractivity contribution is 0.414. The summed E-state index contributed by atoms with van der Waals surface area (Å²) in [5.74, 6) is 1.79. The number of ether oxygens (including phenoxy) is 1. The number of methoxy groups -OCH3 is 1. The van der Waals surface area contributed by atoms with Crippen LogP contribution in [0.4, 0.5) is 5.69 Å². The predicted octanol–water partition coefficient (Wildman–Crippen LogP) is 3.39. The third kappa shape index (κ3) is 3.90. The van der Waals surface area contributed by atoms with Crippen LogP contribution >= 0.6 is 0 Å². The summed E-state index contributed by atoms with van der Waals surface area (Å²) >= 11 is 0. The summed E-state index contributed by atoms with van der Waals surface area (Å²) in [6.07, 6.45) is 6.33. The minimum absolute atomic E-state index is 0.127. The molecule has 1 heterocycles. The van der Waals surface area contributed by atoms with E-state index in [0.29, 0.717) is 0 Å². The van der Waals surface area contributed by atoms with Crippen molar-refractivity contribution in [1.29, 1.82) is 5.41 Å². The van der Waals surface area contributed by atoms with Crippen molar-refractivity contribution >= 4 is 11.5 Å². The Morgan fingerprint density at radius 2 is 2.19 bits per heavy atom. The van der Waals surface area contributed by atoms with Crippen LogP contribution in [-0.4, -0.2) is 26.0 Å². The van der Waals surface area contributed by atoms with Crippen molar-refractivity contribution < 1.29 is 4.74 Å². The molecule has 1 aromatic rings. The van der Waals surface area contributed by atoms with Crippen molar-refractivity contribution in [3.05, 3.63) is 23.8 Å². The van der Waals surface area contributed by atoms with E-state index >= 15 is 0 Å². The van der Waals surface area contributed by atoms with Gasteiger partial charge in [0, 0.05) is 24.7 Å². The zero-order valence-corrected chi connectivity index (χ0v) is 13.2. The second-order valence-electron chi connectivity index (χ2n) is 5.87. The van der Waals surface area contributed by atoms with E-state index in [1.807, 2.05) is 18.2 Å². The number of nitrogens with one attached hydrogen (secondary N) is 1. The predicted molar refractivity (Wildman–Crippen MR) is 88.5 cm³/mol. The van der Waals surface area contributed by atoms with Crippen molar-refractivity contribution in [2.45, 2.75) is 39.0 Å². The molecule has 116 valence electrons. The highest BCUT2D eigenvalue weighted by Crippen LogP contribution is 2.30. The average Bonchev–Trinajstić information content (AvgIpc) is 2.72. The molecule has 0 aromatic heterocycles. The highest BCUT2D eigenvalue weighted by Gasteiger charge is 2.19. The molecule has 1 aromatic carbocycles. The Balaban J connectivity index is 2.21. The molecule has 0 bridgehead atoms. The van der Waals surface area contributed by atoms with Gasteiger partial charge in [-0.15, -0.1) is 0 Å². The zero-order valence-electron chi connectivity index (χ0n) is 13.2. The first-order valence-electron chi connectivity index (χ1n) is 7.93. The molecule has 1 aliphatic heterocycles. The van der Waals surface area contributed by atoms with Gasteiger partial charge in [-0.3, -0.25) is 5.41 Å². The Bertz CT molecular complexity index is 487. The van der Waals surface area contributed by atoms with Gasteiger partial charge in [0.05, 0.1) is 12.8 Å². The number of benzene rings is 1. The van der Waals surface area contributed by atoms with Gasteiger partial charge >= 0.3 is 0 Å². The summed E-state index contributed by atoms with van der Waals surface area (Å²) in [6, 6.07) is 5.78. The molecule has 1 fully saturated rings. The van der Waals surface area contributed by atoms with E-state index in [1.165, 1.54) is 32.1 Å². The standard InChI is InChI=1S/C17H27N3O/c1-3-5-13-6-4-10-20(11-9-13)16-12-14(21-2)7-8-15(16)17(18)19/h7-8,12-13H,3-6,9-11H2,1-2H3,(H3,18,19). The molecular formula is C17H27N3O. The molecule has 1 unspecified atom stereocenters. The molecule has 2 rings (SSSR count). The van der Waals surface area contributed by atoms with E-state index in [2.05, 4.69) is 11.8 Å². The summed E-state index contributed by atoms with van der Waals surface area (Å²) in [6.45, 7) is 4.34. The molecule has 0 spiro atoms. The fraction of sp³-hybridized carbons (Fsp3) is 0.588. The lowest BCUT2D eigenvalue weighted by atomic mass is 9.96. The summed E-state index contributed by atoms with van der Waals surface area (Å²) in [5.41, 5.74) is 7.59. The SMILES string of the molecule is CCCC1CCCN(c2cc(OC)ccc2C(=N)N)CC1. The largest absolute Gasteiger partial charge is 0.497 e. The van der Waals surface area contributed by atoms with Crippen LogP contribution in [0.5, 0.6) is 5.75 Å². The second-order valence-corrected chi connectivity index (χ2v) is 5.87. The molecule has 1 aliphatic rings. The monoisotopic (exact) mass is 289 g/mol. The Morgan fingerprint density at radius 1 is 1.38 bits per heavy atom. The lowest BCUT2D eigenvalue weighted by Gasteiger charge is -2.26. The van der Waals surface area contributed by atoms with Crippen molar-refractivity contribution in [3.63, 3.8) is 0 Å². The van der Waals surface area contributed by atoms with Gasteiger partial charge in [-0.25, -0.2) is 0 Å². The van der Waals surface area contributed by atoms with Crippen LogP contribution in [0.15, 0.2) is 18.2 Å². The highest BCUT2D eigenvalue weighted by molar-refractivity contribution is 6.00. The Kier molecular flexibility index (Phi) is 5.48. The van der Waals surface area contributed by atoms with Crippen LogP contribution in [0.2, 0.25) is 0 Å². The number of hydrogen-bond acceptors (Lipinski definition) is 3. The quantitative estimate of drug-likeness (QED) is 0.645. The van der Waals surface area contributed by atoms with Crippen molar-refractivity contribution in [2.24, 2.45) is 11.7 Å². The van der Waals surface area contributed by atoms with E-state index in [1.54, 1.807) is 7.11 Å². The Labute approximate surface area is 127 Å². The Morgan fingerprint density at radius 3 is 2.86 bits per heavy atom. The highest BCUT2D eigenvalue weighted by atomic mass is 16.5. The molecule has 0 amide bonds. The lowest BCUT2D eigenvalue weighted by Crippen LogP contribution is -2.27. The van der Waals surface area contributed by atoms with Gasteiger partial charge in [0.15, 0.2) is 0 Å². The number of anilines is 1. The number of nitrogens with zero attached hydrogens (tertiary/aromatic N) is 1. The van der Waals surface area contributed by atoms with Crippen LogP contribution in [-0.2, 0) is 0 Å². The van der Waals surface area contributed by atoms with Gasteiger partial charge in [-0.2, -0.15) is 0 Å². The van der Waals surface area contributed by atoms with Crippen LogP contribution in [0.1, 0.15) is 44.6 Å². The van der Waals surface area contributed by atoms with E-state index in [9.17, 15) is 0 Å². The van der Waals surface area contributed by atoms with Gasteiger partial charge in [0.25, 0.3) is 0 Å². The minimum atomic E-state index is 0.127. The molecule has 1 atom stereocenters. The van der Waals surface area contributed by atoms with Crippen LogP contribution in [0.3, 0.4) is 0 Å². The molecule has 4 nitrogen and oxygen atoms in total. The smallest absolute Gasteiger partial charge is 0.124 e. The normalized spacial score (nSPS) is 19.1. The third-order valence-corrected chi connectivity index (χ3v) is 4.38. The number of rotatable bonds is 5. The van der Waals surface area contributed by atoms with E-state index in [-0.39, 0.29) is 5.84 Å². The molecular weight excluding hydrogens is 262 g/mol. The first kappa shape index (κ1) is 15.7. The maximum atomic E-state index is 7.79. The molecule has 4 heteroatoms. The van der Waals surface area contributed by atoms with Gasteiger partial charge in [-0.1, -0.05) is 19.8 Å². The minimum Gasteiger partial charge on any atom is -0.497 e. The summed E-state index contributed by atoms with van der Waals surface area (Å²) in [7, 11) is 1.67. The molecule has 21 heavy (non-hydrogen) atoms. The molecule has 0 radical (unpaired) electrons. The first-order chi connectivity index (χ1) is 10.2. The van der Waals surface area contributed by atoms with Crippen molar-refractivity contribution in [2.75, 3.05) is 25.1 Å². The van der Waals surface area contributed by atoms with Crippen LogP contribution < -0.4 is 15.4 Å². The van der Waals surface area contributed by atoms with Gasteiger partial charge < -0.3 is 15.4 Å². The van der Waals surface area contributed by atoms with Gasteiger partial charge in [0.1, 0.15) is 11.6 Å². The van der Waals surface area contributed by atoms with Gasteiger partial charge in [0.2, 0.25) is 0 Å². The van der Waals surface area contributed by atoms with Gasteiger partial charge in [-0.05, 0) is 37.3 Å². The topological polar surface area (TPSA) is 62.3 Å². The summed E-state index contributed by atoms with van der Waals surface area (Å²) in [4.78, 5) is 2.37. The number of nitrogens with two attached hydrogens (primary N) is 1. The van der Waals surface area contributed by atoms with E-state index in [4.69, 9.17) is 15.9 Å². The van der Waals surface area contributed by atoms with E-state index in [0.717, 1.165) is 36.0 Å². The second kappa shape index (κ2) is 7.34. The Hall–Kier alpha value is -1.71. The number of amidine groups is 1. The summed E-state index contributed by atoms with van der Waals surface area (Å²) in [5, 5.41) is 7.79. The first-order valence-corrected chi connectivity index (χ1v) is 7.93. The molecule has 1 saturated heterocycles. The third-order valence-electron chi connectivity index (χ3n) is 4.38. The number of hydrogen-bond donors (Lipinski definition) is 2. The fourth-order valence-electron chi connectivity index (χ4n) is 3.23. The molecule has 3 N–H and O–H groups in total. The van der Waals surface area contributed by atoms with Crippen molar-refractivity contribution in [1.82, 2.24) is 0 Å². The average molecular weight is 289 g/mol. The van der Waals surface area contributed by atoms with Crippen LogP contribution in [0, 0.1) is 11.3 Å². The maximum absolute atomic E-state index is 7.79. The van der Waals surface area contributed by atoms with E-state index < -0.39 is 0 Å². The molecule has 0 saturated carbocycles. The fourth-order valence-corrected chi connectivity index (χ4v) is 3.23.